The van der Waals surface area contributed by atoms with Crippen molar-refractivity contribution in [2.45, 2.75) is 52.5 Å². The highest BCUT2D eigenvalue weighted by Crippen LogP contribution is 2.31. The molecule has 1 atom stereocenters. The summed E-state index contributed by atoms with van der Waals surface area (Å²) in [5, 5.41) is 3.31. The van der Waals surface area contributed by atoms with Crippen molar-refractivity contribution in [3.05, 3.63) is 24.0 Å². The van der Waals surface area contributed by atoms with Crippen LogP contribution in [-0.4, -0.2) is 25.1 Å². The fourth-order valence-corrected chi connectivity index (χ4v) is 3.03. The second-order valence-corrected chi connectivity index (χ2v) is 6.70. The summed E-state index contributed by atoms with van der Waals surface area (Å²) in [5.74, 6) is 0. The molecule has 0 bridgehead atoms. The molecule has 0 aromatic carbocycles. The van der Waals surface area contributed by atoms with Crippen LogP contribution in [0.2, 0.25) is 0 Å². The summed E-state index contributed by atoms with van der Waals surface area (Å²) in [6.07, 6.45) is 6.99. The van der Waals surface area contributed by atoms with Crippen molar-refractivity contribution in [1.29, 1.82) is 0 Å². The Labute approximate surface area is 123 Å². The van der Waals surface area contributed by atoms with E-state index in [1.165, 1.54) is 24.9 Å². The maximum absolute atomic E-state index is 4.66. The molecule has 2 rings (SSSR count). The van der Waals surface area contributed by atoms with Gasteiger partial charge >= 0.3 is 0 Å². The van der Waals surface area contributed by atoms with E-state index in [4.69, 9.17) is 0 Å². The van der Waals surface area contributed by atoms with E-state index in [1.54, 1.807) is 0 Å². The predicted molar refractivity (Wildman–Crippen MR) is 86.2 cm³/mol. The molecule has 0 amide bonds. The Morgan fingerprint density at radius 2 is 2.10 bits per heavy atom. The summed E-state index contributed by atoms with van der Waals surface area (Å²) in [6.45, 7) is 9.27. The van der Waals surface area contributed by atoms with Gasteiger partial charge in [-0.05, 0) is 50.3 Å². The third-order valence-corrected chi connectivity index (χ3v) is 4.59. The van der Waals surface area contributed by atoms with Crippen molar-refractivity contribution < 1.29 is 0 Å². The largest absolute Gasteiger partial charge is 0.370 e. The molecule has 0 radical (unpaired) electrons. The lowest BCUT2D eigenvalue weighted by Gasteiger charge is -2.25. The van der Waals surface area contributed by atoms with E-state index >= 15 is 0 Å². The van der Waals surface area contributed by atoms with Crippen molar-refractivity contribution in [3.63, 3.8) is 0 Å². The van der Waals surface area contributed by atoms with Crippen LogP contribution in [0.3, 0.4) is 0 Å². The van der Waals surface area contributed by atoms with Gasteiger partial charge in [0.2, 0.25) is 0 Å². The van der Waals surface area contributed by atoms with Gasteiger partial charge in [0.25, 0.3) is 0 Å². The van der Waals surface area contributed by atoms with Crippen LogP contribution in [0.5, 0.6) is 0 Å². The van der Waals surface area contributed by atoms with E-state index in [0.29, 0.717) is 11.5 Å². The number of nitrogens with one attached hydrogen (secondary N) is 1. The van der Waals surface area contributed by atoms with Crippen LogP contribution < -0.4 is 10.2 Å². The zero-order chi connectivity index (χ0) is 14.6. The molecule has 2 heterocycles. The summed E-state index contributed by atoms with van der Waals surface area (Å²) in [5.41, 5.74) is 2.91. The minimum atomic E-state index is 0.368. The van der Waals surface area contributed by atoms with Gasteiger partial charge in [0.1, 0.15) is 0 Å². The van der Waals surface area contributed by atoms with Crippen molar-refractivity contribution in [3.8, 4) is 0 Å². The van der Waals surface area contributed by atoms with E-state index in [9.17, 15) is 0 Å². The lowest BCUT2D eigenvalue weighted by Crippen LogP contribution is -2.25. The molecular formula is C17H29N3. The Morgan fingerprint density at radius 3 is 2.70 bits per heavy atom. The van der Waals surface area contributed by atoms with Crippen LogP contribution in [-0.2, 0) is 0 Å². The van der Waals surface area contributed by atoms with Gasteiger partial charge in [0.05, 0.1) is 17.6 Å². The molecule has 1 aromatic rings. The zero-order valence-corrected chi connectivity index (χ0v) is 13.4. The van der Waals surface area contributed by atoms with Gasteiger partial charge in [-0.1, -0.05) is 20.8 Å². The first-order chi connectivity index (χ1) is 9.55. The van der Waals surface area contributed by atoms with Gasteiger partial charge in [-0.2, -0.15) is 0 Å². The SMILES string of the molecule is CCC(NC)c1ccc(N2CCCC(C)(C)CC2)cn1. The van der Waals surface area contributed by atoms with Crippen LogP contribution in [0.1, 0.15) is 58.2 Å². The van der Waals surface area contributed by atoms with Crippen LogP contribution in [0.25, 0.3) is 0 Å². The Bertz CT molecular complexity index is 407. The Kier molecular flexibility index (Phi) is 5.03. The molecule has 1 aromatic heterocycles. The average Bonchev–Trinajstić information content (AvgIpc) is 2.62. The molecule has 3 heteroatoms. The first-order valence-electron chi connectivity index (χ1n) is 7.94. The van der Waals surface area contributed by atoms with Gasteiger partial charge < -0.3 is 10.2 Å². The van der Waals surface area contributed by atoms with Crippen molar-refractivity contribution in [2.24, 2.45) is 5.41 Å². The maximum atomic E-state index is 4.66. The molecule has 0 aliphatic carbocycles. The van der Waals surface area contributed by atoms with E-state index in [0.717, 1.165) is 25.2 Å². The molecule has 1 saturated heterocycles. The lowest BCUT2D eigenvalue weighted by molar-refractivity contribution is 0.325. The first kappa shape index (κ1) is 15.3. The van der Waals surface area contributed by atoms with Crippen molar-refractivity contribution >= 4 is 5.69 Å². The molecule has 20 heavy (non-hydrogen) atoms. The third-order valence-electron chi connectivity index (χ3n) is 4.59. The van der Waals surface area contributed by atoms with E-state index in [2.05, 4.69) is 48.1 Å². The minimum absolute atomic E-state index is 0.368. The minimum Gasteiger partial charge on any atom is -0.370 e. The molecule has 1 N–H and O–H groups in total. The molecule has 0 spiro atoms. The monoisotopic (exact) mass is 275 g/mol. The summed E-state index contributed by atoms with van der Waals surface area (Å²) in [7, 11) is 2.00. The van der Waals surface area contributed by atoms with Gasteiger partial charge in [0, 0.05) is 19.1 Å². The molecule has 3 nitrogen and oxygen atoms in total. The number of hydrogen-bond donors (Lipinski definition) is 1. The van der Waals surface area contributed by atoms with E-state index in [-0.39, 0.29) is 0 Å². The molecule has 1 aliphatic heterocycles. The molecule has 1 aliphatic rings. The van der Waals surface area contributed by atoms with Crippen LogP contribution in [0.4, 0.5) is 5.69 Å². The van der Waals surface area contributed by atoms with Gasteiger partial charge in [-0.15, -0.1) is 0 Å². The standard InChI is InChI=1S/C17H29N3/c1-5-15(18-4)16-8-7-14(13-19-16)20-11-6-9-17(2,3)10-12-20/h7-8,13,15,18H,5-6,9-12H2,1-4H3. The highest BCUT2D eigenvalue weighted by molar-refractivity contribution is 5.45. The normalized spacial score (nSPS) is 20.5. The smallest absolute Gasteiger partial charge is 0.0574 e. The fraction of sp³-hybridized carbons (Fsp3) is 0.706. The zero-order valence-electron chi connectivity index (χ0n) is 13.4. The quantitative estimate of drug-likeness (QED) is 0.906. The van der Waals surface area contributed by atoms with Crippen molar-refractivity contribution in [1.82, 2.24) is 10.3 Å². The van der Waals surface area contributed by atoms with Gasteiger partial charge in [0.15, 0.2) is 0 Å². The summed E-state index contributed by atoms with van der Waals surface area (Å²) in [4.78, 5) is 7.15. The van der Waals surface area contributed by atoms with Crippen LogP contribution in [0.15, 0.2) is 18.3 Å². The molecule has 112 valence electrons. The third kappa shape index (κ3) is 3.72. The van der Waals surface area contributed by atoms with Crippen molar-refractivity contribution in [2.75, 3.05) is 25.0 Å². The highest BCUT2D eigenvalue weighted by Gasteiger charge is 2.23. The average molecular weight is 275 g/mol. The van der Waals surface area contributed by atoms with Gasteiger partial charge in [-0.25, -0.2) is 0 Å². The lowest BCUT2D eigenvalue weighted by atomic mass is 9.85. The number of aromatic nitrogens is 1. The number of rotatable bonds is 4. The van der Waals surface area contributed by atoms with Gasteiger partial charge in [-0.3, -0.25) is 4.98 Å². The summed E-state index contributed by atoms with van der Waals surface area (Å²) < 4.78 is 0. The number of nitrogens with zero attached hydrogens (tertiary/aromatic N) is 2. The summed E-state index contributed by atoms with van der Waals surface area (Å²) in [6, 6.07) is 4.78. The molecular weight excluding hydrogens is 246 g/mol. The highest BCUT2D eigenvalue weighted by atomic mass is 15.1. The van der Waals surface area contributed by atoms with E-state index in [1.807, 2.05) is 13.2 Å². The van der Waals surface area contributed by atoms with E-state index < -0.39 is 0 Å². The Balaban J connectivity index is 2.06. The second kappa shape index (κ2) is 6.57. The molecule has 0 saturated carbocycles. The first-order valence-corrected chi connectivity index (χ1v) is 7.94. The maximum Gasteiger partial charge on any atom is 0.0574 e. The Hall–Kier alpha value is -1.09. The van der Waals surface area contributed by atoms with Crippen LogP contribution in [0, 0.1) is 5.41 Å². The summed E-state index contributed by atoms with van der Waals surface area (Å²) >= 11 is 0. The second-order valence-electron chi connectivity index (χ2n) is 6.70. The predicted octanol–water partition coefficient (Wildman–Crippen LogP) is 3.77. The van der Waals surface area contributed by atoms with Crippen LogP contribution >= 0.6 is 0 Å². The molecule has 1 unspecified atom stereocenters. The molecule has 1 fully saturated rings. The Morgan fingerprint density at radius 1 is 1.30 bits per heavy atom. The number of pyridine rings is 1. The topological polar surface area (TPSA) is 28.2 Å². The fourth-order valence-electron chi connectivity index (χ4n) is 3.03. The number of anilines is 1. The number of hydrogen-bond acceptors (Lipinski definition) is 3.